The first-order valence-electron chi connectivity index (χ1n) is 7.47. The van der Waals surface area contributed by atoms with E-state index < -0.39 is 17.1 Å². The predicted molar refractivity (Wildman–Crippen MR) is 87.4 cm³/mol. The van der Waals surface area contributed by atoms with E-state index in [-0.39, 0.29) is 12.3 Å². The molecule has 0 aliphatic carbocycles. The van der Waals surface area contributed by atoms with Gasteiger partial charge in [-0.3, -0.25) is 4.79 Å². The number of ether oxygens (including phenoxy) is 1. The Morgan fingerprint density at radius 2 is 2.17 bits per heavy atom. The van der Waals surface area contributed by atoms with Gasteiger partial charge in [-0.2, -0.15) is 0 Å². The third-order valence-corrected chi connectivity index (χ3v) is 4.60. The van der Waals surface area contributed by atoms with Gasteiger partial charge in [0.05, 0.1) is 5.60 Å². The minimum Gasteiger partial charge on any atom is -0.481 e. The Hall–Kier alpha value is -1.75. The number of hydrogen-bond acceptors (Lipinski definition) is 3. The summed E-state index contributed by atoms with van der Waals surface area (Å²) in [6.45, 7) is 4.29. The van der Waals surface area contributed by atoms with E-state index in [9.17, 15) is 9.90 Å². The van der Waals surface area contributed by atoms with Crippen LogP contribution in [0.2, 0.25) is 5.02 Å². The van der Waals surface area contributed by atoms with Gasteiger partial charge in [-0.25, -0.2) is 0 Å². The molecule has 7 heteroatoms. The van der Waals surface area contributed by atoms with Crippen molar-refractivity contribution < 1.29 is 14.6 Å². The average Bonchev–Trinajstić information content (AvgIpc) is 2.47. The van der Waals surface area contributed by atoms with E-state index in [0.717, 1.165) is 5.56 Å². The topological polar surface area (TPSA) is 95.3 Å². The van der Waals surface area contributed by atoms with E-state index in [4.69, 9.17) is 21.9 Å². The summed E-state index contributed by atoms with van der Waals surface area (Å²) >= 11 is 5.88. The third kappa shape index (κ3) is 3.96. The Bertz CT molecular complexity index is 622. The summed E-state index contributed by atoms with van der Waals surface area (Å²) in [6, 6.07) is 6.93. The van der Waals surface area contributed by atoms with Crippen LogP contribution in [0.25, 0.3) is 10.4 Å². The fourth-order valence-corrected chi connectivity index (χ4v) is 3.31. The van der Waals surface area contributed by atoms with Crippen LogP contribution in [0.3, 0.4) is 0 Å². The van der Waals surface area contributed by atoms with Crippen LogP contribution >= 0.6 is 11.6 Å². The molecule has 1 heterocycles. The number of aliphatic carboxylic acids is 1. The lowest BCUT2D eigenvalue weighted by Crippen LogP contribution is -2.51. The van der Waals surface area contributed by atoms with Crippen LogP contribution in [0, 0.1) is 5.92 Å². The lowest BCUT2D eigenvalue weighted by molar-refractivity contribution is -0.150. The molecule has 2 atom stereocenters. The molecule has 1 fully saturated rings. The molecule has 0 radical (unpaired) electrons. The van der Waals surface area contributed by atoms with Crippen LogP contribution in [0.5, 0.6) is 0 Å². The highest BCUT2D eigenvalue weighted by Gasteiger charge is 2.48. The van der Waals surface area contributed by atoms with Crippen molar-refractivity contribution in [2.75, 3.05) is 6.61 Å². The van der Waals surface area contributed by atoms with Gasteiger partial charge >= 0.3 is 5.97 Å². The summed E-state index contributed by atoms with van der Waals surface area (Å²) in [5.74, 6) is -1.40. The molecular formula is C16H20ClN3O3. The minimum absolute atomic E-state index is 0.129. The Morgan fingerprint density at radius 3 is 2.70 bits per heavy atom. The van der Waals surface area contributed by atoms with Crippen molar-refractivity contribution >= 4 is 17.6 Å². The Morgan fingerprint density at radius 1 is 1.52 bits per heavy atom. The lowest BCUT2D eigenvalue weighted by atomic mass is 9.72. The van der Waals surface area contributed by atoms with E-state index >= 15 is 0 Å². The molecule has 0 aromatic heterocycles. The molecule has 2 rings (SSSR count). The number of nitrogens with zero attached hydrogens (tertiary/aromatic N) is 3. The second-order valence-electron chi connectivity index (χ2n) is 6.52. The number of carboxylic acid groups (broad SMARTS) is 1. The molecule has 23 heavy (non-hydrogen) atoms. The quantitative estimate of drug-likeness (QED) is 0.495. The maximum Gasteiger partial charge on any atom is 0.316 e. The number of hydrogen-bond donors (Lipinski definition) is 1. The van der Waals surface area contributed by atoms with Crippen molar-refractivity contribution in [3.05, 3.63) is 45.3 Å². The summed E-state index contributed by atoms with van der Waals surface area (Å²) in [6.07, 6.45) is 1.19. The Labute approximate surface area is 140 Å². The molecule has 0 amide bonds. The molecule has 124 valence electrons. The van der Waals surface area contributed by atoms with E-state index in [0.29, 0.717) is 24.5 Å². The Kier molecular flexibility index (Phi) is 5.19. The highest BCUT2D eigenvalue weighted by atomic mass is 35.5. The first-order valence-corrected chi connectivity index (χ1v) is 7.85. The summed E-state index contributed by atoms with van der Waals surface area (Å²) in [5.41, 5.74) is 7.79. The number of carbonyl (C=O) groups is 1. The number of carboxylic acids is 1. The van der Waals surface area contributed by atoms with E-state index in [1.807, 2.05) is 13.8 Å². The zero-order chi connectivity index (χ0) is 17.1. The largest absolute Gasteiger partial charge is 0.481 e. The molecule has 1 aliphatic heterocycles. The number of rotatable bonds is 5. The van der Waals surface area contributed by atoms with Gasteiger partial charge < -0.3 is 9.84 Å². The highest BCUT2D eigenvalue weighted by Crippen LogP contribution is 2.40. The molecule has 1 aromatic carbocycles. The normalized spacial score (nSPS) is 22.7. The third-order valence-electron chi connectivity index (χ3n) is 4.35. The highest BCUT2D eigenvalue weighted by molar-refractivity contribution is 6.30. The smallest absolute Gasteiger partial charge is 0.316 e. The molecule has 1 unspecified atom stereocenters. The van der Waals surface area contributed by atoms with Gasteiger partial charge in [0.1, 0.15) is 0 Å². The summed E-state index contributed by atoms with van der Waals surface area (Å²) < 4.78 is 5.67. The molecular weight excluding hydrogens is 318 g/mol. The number of azide groups is 1. The van der Waals surface area contributed by atoms with Crippen LogP contribution in [-0.4, -0.2) is 28.8 Å². The van der Waals surface area contributed by atoms with Gasteiger partial charge in [0.15, 0.2) is 5.54 Å². The monoisotopic (exact) mass is 337 g/mol. The van der Waals surface area contributed by atoms with Gasteiger partial charge in [-0.15, -0.1) is 0 Å². The average molecular weight is 338 g/mol. The van der Waals surface area contributed by atoms with Crippen LogP contribution in [0.4, 0.5) is 0 Å². The predicted octanol–water partition coefficient (Wildman–Crippen LogP) is 4.22. The van der Waals surface area contributed by atoms with Crippen molar-refractivity contribution in [3.8, 4) is 0 Å². The van der Waals surface area contributed by atoms with Crippen LogP contribution in [0.1, 0.15) is 32.3 Å². The second kappa shape index (κ2) is 6.79. The molecule has 1 saturated heterocycles. The first-order chi connectivity index (χ1) is 10.8. The van der Waals surface area contributed by atoms with Crippen molar-refractivity contribution in [3.63, 3.8) is 0 Å². The Balaban J connectivity index is 2.40. The van der Waals surface area contributed by atoms with Crippen molar-refractivity contribution in [1.29, 1.82) is 0 Å². The summed E-state index contributed by atoms with van der Waals surface area (Å²) in [5, 5.41) is 14.2. The van der Waals surface area contributed by atoms with E-state index in [1.54, 1.807) is 24.3 Å². The van der Waals surface area contributed by atoms with Crippen molar-refractivity contribution in [1.82, 2.24) is 0 Å². The first kappa shape index (κ1) is 17.6. The van der Waals surface area contributed by atoms with Gasteiger partial charge in [-0.05, 0) is 62.3 Å². The van der Waals surface area contributed by atoms with Crippen molar-refractivity contribution in [2.45, 2.75) is 44.2 Å². The van der Waals surface area contributed by atoms with Gasteiger partial charge in [0.25, 0.3) is 0 Å². The molecule has 6 nitrogen and oxygen atoms in total. The standard InChI is InChI=1S/C16H20ClN3O3/c1-15(2)10-12(7-8-23-15)16(14(21)22,19-20-18)9-11-3-5-13(17)6-4-11/h3-6,12H,7-10H2,1-2H3,(H,21,22)/t12-,16?/m0/s1. The molecule has 0 spiro atoms. The maximum atomic E-state index is 12.1. The van der Waals surface area contributed by atoms with E-state index in [1.165, 1.54) is 0 Å². The fraction of sp³-hybridized carbons (Fsp3) is 0.562. The van der Waals surface area contributed by atoms with Crippen LogP contribution < -0.4 is 0 Å². The number of halogens is 1. The fourth-order valence-electron chi connectivity index (χ4n) is 3.19. The minimum atomic E-state index is -1.52. The second-order valence-corrected chi connectivity index (χ2v) is 6.96. The van der Waals surface area contributed by atoms with Gasteiger partial charge in [0.2, 0.25) is 0 Å². The summed E-state index contributed by atoms with van der Waals surface area (Å²) in [4.78, 5) is 14.9. The number of benzene rings is 1. The van der Waals surface area contributed by atoms with Crippen LogP contribution in [0.15, 0.2) is 29.4 Å². The summed E-state index contributed by atoms with van der Waals surface area (Å²) in [7, 11) is 0. The molecule has 1 aromatic rings. The zero-order valence-corrected chi connectivity index (χ0v) is 14.0. The van der Waals surface area contributed by atoms with Gasteiger partial charge in [-0.1, -0.05) is 28.8 Å². The zero-order valence-electron chi connectivity index (χ0n) is 13.2. The SMILES string of the molecule is CC1(C)C[C@@H](C(Cc2ccc(Cl)cc2)(N=[N+]=[N-])C(=O)O)CCO1. The molecule has 0 saturated carbocycles. The van der Waals surface area contributed by atoms with Crippen molar-refractivity contribution in [2.24, 2.45) is 11.0 Å². The molecule has 0 bridgehead atoms. The van der Waals surface area contributed by atoms with Gasteiger partial charge in [0, 0.05) is 16.5 Å². The van der Waals surface area contributed by atoms with Crippen LogP contribution in [-0.2, 0) is 16.0 Å². The molecule has 1 N–H and O–H groups in total. The lowest BCUT2D eigenvalue weighted by Gasteiger charge is -2.42. The van der Waals surface area contributed by atoms with E-state index in [2.05, 4.69) is 10.0 Å². The maximum absolute atomic E-state index is 12.1. The molecule has 1 aliphatic rings.